The van der Waals surface area contributed by atoms with Gasteiger partial charge in [-0.2, -0.15) is 13.2 Å². The van der Waals surface area contributed by atoms with E-state index in [1.165, 1.54) is 0 Å². The summed E-state index contributed by atoms with van der Waals surface area (Å²) in [6, 6.07) is 8.80. The standard InChI is InChI=1S/C14H15F3O/c15-14(16,17)12-8-6-11(7-9-12)13(18)10-4-2-1-3-5-10/h1-5,11-12H,6-9H2. The summed E-state index contributed by atoms with van der Waals surface area (Å²) in [5.41, 5.74) is 0.605. The molecule has 1 fully saturated rings. The number of halogens is 3. The van der Waals surface area contributed by atoms with Crippen molar-refractivity contribution in [1.29, 1.82) is 0 Å². The van der Waals surface area contributed by atoms with Crippen molar-refractivity contribution in [2.75, 3.05) is 0 Å². The third-order valence-electron chi connectivity index (χ3n) is 3.62. The van der Waals surface area contributed by atoms with Crippen LogP contribution < -0.4 is 0 Å². The Balaban J connectivity index is 1.96. The molecule has 1 aromatic rings. The third-order valence-corrected chi connectivity index (χ3v) is 3.62. The van der Waals surface area contributed by atoms with Crippen LogP contribution in [0.15, 0.2) is 30.3 Å². The maximum absolute atomic E-state index is 12.5. The van der Waals surface area contributed by atoms with Crippen molar-refractivity contribution in [1.82, 2.24) is 0 Å². The average molecular weight is 256 g/mol. The molecule has 98 valence electrons. The summed E-state index contributed by atoms with van der Waals surface area (Å²) >= 11 is 0. The maximum Gasteiger partial charge on any atom is 0.391 e. The minimum atomic E-state index is -4.11. The number of Topliss-reactive ketones (excluding diaryl/α,β-unsaturated/α-hetero) is 1. The van der Waals surface area contributed by atoms with Gasteiger partial charge in [0.05, 0.1) is 5.92 Å². The number of carbonyl (C=O) groups excluding carboxylic acids is 1. The zero-order valence-corrected chi connectivity index (χ0v) is 9.91. The van der Waals surface area contributed by atoms with Gasteiger partial charge in [-0.05, 0) is 25.7 Å². The Morgan fingerprint density at radius 2 is 1.56 bits per heavy atom. The van der Waals surface area contributed by atoms with Crippen molar-refractivity contribution < 1.29 is 18.0 Å². The van der Waals surface area contributed by atoms with Crippen LogP contribution in [0.3, 0.4) is 0 Å². The summed E-state index contributed by atoms with van der Waals surface area (Å²) in [5.74, 6) is -1.49. The number of hydrogen-bond donors (Lipinski definition) is 0. The predicted octanol–water partition coefficient (Wildman–Crippen LogP) is 4.24. The summed E-state index contributed by atoms with van der Waals surface area (Å²) in [7, 11) is 0. The molecule has 4 heteroatoms. The van der Waals surface area contributed by atoms with Crippen LogP contribution in [0.4, 0.5) is 13.2 Å². The van der Waals surface area contributed by atoms with E-state index in [1.807, 2.05) is 6.07 Å². The normalized spacial score (nSPS) is 24.8. The van der Waals surface area contributed by atoms with Crippen molar-refractivity contribution in [3.05, 3.63) is 35.9 Å². The summed E-state index contributed by atoms with van der Waals surface area (Å²) in [5, 5.41) is 0. The van der Waals surface area contributed by atoms with Crippen LogP contribution in [0.5, 0.6) is 0 Å². The second kappa shape index (κ2) is 5.12. The first kappa shape index (κ1) is 13.1. The minimum Gasteiger partial charge on any atom is -0.294 e. The lowest BCUT2D eigenvalue weighted by Crippen LogP contribution is -2.30. The van der Waals surface area contributed by atoms with E-state index in [4.69, 9.17) is 0 Å². The summed E-state index contributed by atoms with van der Waals surface area (Å²) < 4.78 is 37.5. The van der Waals surface area contributed by atoms with E-state index in [2.05, 4.69) is 0 Å². The fraction of sp³-hybridized carbons (Fsp3) is 0.500. The fourth-order valence-corrected chi connectivity index (χ4v) is 2.52. The lowest BCUT2D eigenvalue weighted by molar-refractivity contribution is -0.183. The smallest absolute Gasteiger partial charge is 0.294 e. The van der Waals surface area contributed by atoms with E-state index in [0.717, 1.165) is 0 Å². The Morgan fingerprint density at radius 1 is 1.00 bits per heavy atom. The third kappa shape index (κ3) is 2.92. The molecule has 0 radical (unpaired) electrons. The van der Waals surface area contributed by atoms with E-state index >= 15 is 0 Å². The summed E-state index contributed by atoms with van der Waals surface area (Å²) in [6.45, 7) is 0. The van der Waals surface area contributed by atoms with E-state index in [9.17, 15) is 18.0 Å². The Morgan fingerprint density at radius 3 is 2.06 bits per heavy atom. The van der Waals surface area contributed by atoms with Gasteiger partial charge in [-0.25, -0.2) is 0 Å². The molecule has 0 spiro atoms. The highest BCUT2D eigenvalue weighted by molar-refractivity contribution is 5.97. The Labute approximate surface area is 104 Å². The number of carbonyl (C=O) groups is 1. The number of rotatable bonds is 2. The molecule has 2 rings (SSSR count). The molecular weight excluding hydrogens is 241 g/mol. The zero-order chi connectivity index (χ0) is 13.2. The highest BCUT2D eigenvalue weighted by Crippen LogP contribution is 2.40. The van der Waals surface area contributed by atoms with Crippen molar-refractivity contribution in [2.24, 2.45) is 11.8 Å². The van der Waals surface area contributed by atoms with Gasteiger partial charge in [0.25, 0.3) is 0 Å². The van der Waals surface area contributed by atoms with Crippen LogP contribution in [0.1, 0.15) is 36.0 Å². The van der Waals surface area contributed by atoms with Gasteiger partial charge in [-0.1, -0.05) is 30.3 Å². The van der Waals surface area contributed by atoms with Crippen molar-refractivity contribution >= 4 is 5.78 Å². The Hall–Kier alpha value is -1.32. The van der Waals surface area contributed by atoms with Crippen LogP contribution in [0, 0.1) is 11.8 Å². The van der Waals surface area contributed by atoms with Gasteiger partial charge in [-0.3, -0.25) is 4.79 Å². The molecule has 1 saturated carbocycles. The van der Waals surface area contributed by atoms with Crippen molar-refractivity contribution in [3.63, 3.8) is 0 Å². The molecule has 0 heterocycles. The van der Waals surface area contributed by atoms with Gasteiger partial charge in [0.15, 0.2) is 5.78 Å². The monoisotopic (exact) mass is 256 g/mol. The molecule has 0 saturated heterocycles. The molecule has 0 aliphatic heterocycles. The molecular formula is C14H15F3O. The van der Waals surface area contributed by atoms with Crippen molar-refractivity contribution in [2.45, 2.75) is 31.9 Å². The summed E-state index contributed by atoms with van der Waals surface area (Å²) in [4.78, 5) is 12.1. The van der Waals surface area contributed by atoms with Gasteiger partial charge in [0, 0.05) is 11.5 Å². The van der Waals surface area contributed by atoms with Crippen LogP contribution in [0.2, 0.25) is 0 Å². The van der Waals surface area contributed by atoms with Crippen LogP contribution >= 0.6 is 0 Å². The molecule has 0 atom stereocenters. The van der Waals surface area contributed by atoms with E-state index in [-0.39, 0.29) is 24.5 Å². The topological polar surface area (TPSA) is 17.1 Å². The first-order chi connectivity index (χ1) is 8.48. The molecule has 1 aliphatic carbocycles. The molecule has 18 heavy (non-hydrogen) atoms. The quantitative estimate of drug-likeness (QED) is 0.723. The number of hydrogen-bond acceptors (Lipinski definition) is 1. The molecule has 0 unspecified atom stereocenters. The highest BCUT2D eigenvalue weighted by atomic mass is 19.4. The second-order valence-electron chi connectivity index (χ2n) is 4.82. The lowest BCUT2D eigenvalue weighted by atomic mass is 9.78. The lowest BCUT2D eigenvalue weighted by Gasteiger charge is -2.29. The zero-order valence-electron chi connectivity index (χ0n) is 9.91. The van der Waals surface area contributed by atoms with Gasteiger partial charge in [0.1, 0.15) is 0 Å². The van der Waals surface area contributed by atoms with Gasteiger partial charge in [-0.15, -0.1) is 0 Å². The first-order valence-corrected chi connectivity index (χ1v) is 6.14. The van der Waals surface area contributed by atoms with Crippen molar-refractivity contribution in [3.8, 4) is 0 Å². The number of alkyl halides is 3. The molecule has 0 amide bonds. The largest absolute Gasteiger partial charge is 0.391 e. The SMILES string of the molecule is O=C(c1ccccc1)C1CCC(C(F)(F)F)CC1. The summed E-state index contributed by atoms with van der Waals surface area (Å²) in [6.07, 6.45) is -3.27. The van der Waals surface area contributed by atoms with Crippen LogP contribution in [-0.2, 0) is 0 Å². The number of ketones is 1. The van der Waals surface area contributed by atoms with Crippen LogP contribution in [0.25, 0.3) is 0 Å². The molecule has 1 nitrogen and oxygen atoms in total. The molecule has 0 aromatic heterocycles. The maximum atomic E-state index is 12.5. The first-order valence-electron chi connectivity index (χ1n) is 6.14. The minimum absolute atomic E-state index is 0.0174. The molecule has 0 bridgehead atoms. The van der Waals surface area contributed by atoms with E-state index < -0.39 is 12.1 Å². The van der Waals surface area contributed by atoms with Crippen LogP contribution in [-0.4, -0.2) is 12.0 Å². The average Bonchev–Trinajstić information content (AvgIpc) is 2.38. The Kier molecular flexibility index (Phi) is 3.73. The molecule has 1 aliphatic rings. The Bertz CT molecular complexity index is 403. The predicted molar refractivity (Wildman–Crippen MR) is 62.3 cm³/mol. The van der Waals surface area contributed by atoms with E-state index in [1.54, 1.807) is 24.3 Å². The van der Waals surface area contributed by atoms with Gasteiger partial charge < -0.3 is 0 Å². The second-order valence-corrected chi connectivity index (χ2v) is 4.82. The van der Waals surface area contributed by atoms with Gasteiger partial charge in [0.2, 0.25) is 0 Å². The molecule has 1 aromatic carbocycles. The highest BCUT2D eigenvalue weighted by Gasteiger charge is 2.42. The van der Waals surface area contributed by atoms with Gasteiger partial charge >= 0.3 is 6.18 Å². The molecule has 0 N–H and O–H groups in total. The van der Waals surface area contributed by atoms with E-state index in [0.29, 0.717) is 18.4 Å². The number of benzene rings is 1. The fourth-order valence-electron chi connectivity index (χ4n) is 2.52.